The lowest BCUT2D eigenvalue weighted by Crippen LogP contribution is -2.59. The minimum absolute atomic E-state index is 0.0124. The van der Waals surface area contributed by atoms with Crippen molar-refractivity contribution in [3.63, 3.8) is 0 Å². The average molecular weight is 617 g/mol. The number of hydrogen-bond donors (Lipinski definition) is 1. The number of rotatable bonds is 7. The van der Waals surface area contributed by atoms with Gasteiger partial charge in [0.15, 0.2) is 0 Å². The molecule has 15 heteroatoms. The number of hydrogen-bond acceptors (Lipinski definition) is 7. The maximum atomic E-state index is 14.6. The molecule has 5 rings (SSSR count). The Balaban J connectivity index is 1.65. The highest BCUT2D eigenvalue weighted by Gasteiger charge is 2.48. The molecule has 1 N–H and O–H groups in total. The van der Waals surface area contributed by atoms with E-state index in [0.717, 1.165) is 21.9 Å². The molecular weight excluding hydrogens is 596 g/mol. The Morgan fingerprint density at radius 3 is 2.51 bits per heavy atom. The number of amides is 3. The molecule has 3 amide bonds. The summed E-state index contributed by atoms with van der Waals surface area (Å²) in [6.45, 7) is -0.255. The van der Waals surface area contributed by atoms with Gasteiger partial charge in [0.05, 0.1) is 12.3 Å². The van der Waals surface area contributed by atoms with E-state index in [0.29, 0.717) is 6.07 Å². The molecule has 2 aliphatic rings. The minimum atomic E-state index is -2.99. The van der Waals surface area contributed by atoms with Crippen LogP contribution in [0.15, 0.2) is 54.7 Å². The topological polar surface area (TPSA) is 129 Å². The summed E-state index contributed by atoms with van der Waals surface area (Å²) in [6.07, 6.45) is -1.35. The van der Waals surface area contributed by atoms with E-state index in [-0.39, 0.29) is 35.3 Å². The van der Waals surface area contributed by atoms with Crippen molar-refractivity contribution in [2.24, 2.45) is 0 Å². The zero-order chi connectivity index (χ0) is 30.9. The lowest BCUT2D eigenvalue weighted by atomic mass is 9.87. The molecule has 0 radical (unpaired) electrons. The Morgan fingerprint density at radius 1 is 1.16 bits per heavy atom. The first-order valence-corrected chi connectivity index (χ1v) is 13.3. The Morgan fingerprint density at radius 2 is 1.86 bits per heavy atom. The number of anilines is 2. The van der Waals surface area contributed by atoms with Crippen molar-refractivity contribution in [2.45, 2.75) is 43.3 Å². The standard InChI is InChI=1S/C28H21ClF4N6O4/c29-21-4-2-1-3-20(21)23(24(40)36-18-12-28(32,33)13-18)38(19-10-15(30)9-16(31)11-19)25(41)22-6-8-43-27(42)39(22)26-35-7-5-17(14-34)37-26/h1-5,7,9-11,18,22-23H,6,8,12-13H2,(H,36,40). The van der Waals surface area contributed by atoms with Gasteiger partial charge in [0.25, 0.3) is 11.8 Å². The number of ether oxygens (including phenoxy) is 1. The van der Waals surface area contributed by atoms with Crippen LogP contribution < -0.4 is 15.1 Å². The molecule has 10 nitrogen and oxygen atoms in total. The van der Waals surface area contributed by atoms with Gasteiger partial charge in [-0.2, -0.15) is 5.26 Å². The zero-order valence-electron chi connectivity index (χ0n) is 22.0. The van der Waals surface area contributed by atoms with Gasteiger partial charge in [-0.3, -0.25) is 14.5 Å². The fourth-order valence-corrected chi connectivity index (χ4v) is 5.18. The van der Waals surface area contributed by atoms with E-state index >= 15 is 0 Å². The van der Waals surface area contributed by atoms with Crippen LogP contribution in [0.5, 0.6) is 0 Å². The number of benzene rings is 2. The summed E-state index contributed by atoms with van der Waals surface area (Å²) in [5.41, 5.74) is -0.547. The largest absolute Gasteiger partial charge is 0.449 e. The normalized spacial score (nSPS) is 18.6. The first-order chi connectivity index (χ1) is 20.5. The second-order valence-electron chi connectivity index (χ2n) is 9.87. The third-order valence-electron chi connectivity index (χ3n) is 6.89. The number of nitrogens with one attached hydrogen (secondary N) is 1. The van der Waals surface area contributed by atoms with Crippen molar-refractivity contribution in [1.82, 2.24) is 15.3 Å². The number of halogens is 5. The zero-order valence-corrected chi connectivity index (χ0v) is 22.8. The summed E-state index contributed by atoms with van der Waals surface area (Å²) in [5.74, 6) is -7.52. The summed E-state index contributed by atoms with van der Waals surface area (Å²) < 4.78 is 61.4. The van der Waals surface area contributed by atoms with Gasteiger partial charge in [-0.15, -0.1) is 0 Å². The second-order valence-corrected chi connectivity index (χ2v) is 10.3. The van der Waals surface area contributed by atoms with Crippen LogP contribution in [0.4, 0.5) is 34.0 Å². The summed E-state index contributed by atoms with van der Waals surface area (Å²) in [4.78, 5) is 50.7. The molecule has 2 atom stereocenters. The summed E-state index contributed by atoms with van der Waals surface area (Å²) in [7, 11) is 0. The van der Waals surface area contributed by atoms with E-state index in [4.69, 9.17) is 16.3 Å². The highest BCUT2D eigenvalue weighted by molar-refractivity contribution is 6.31. The molecule has 222 valence electrons. The molecule has 0 spiro atoms. The van der Waals surface area contributed by atoms with Crippen LogP contribution in [0.25, 0.3) is 0 Å². The molecule has 1 saturated carbocycles. The Labute approximate surface area is 246 Å². The molecule has 3 aromatic rings. The monoisotopic (exact) mass is 616 g/mol. The number of carbonyl (C=O) groups excluding carboxylic acids is 3. The second kappa shape index (κ2) is 11.8. The first-order valence-electron chi connectivity index (χ1n) is 12.9. The fraction of sp³-hybridized carbons (Fsp3) is 0.286. The van der Waals surface area contributed by atoms with Crippen LogP contribution in [0, 0.1) is 23.0 Å². The number of nitrogens with zero attached hydrogens (tertiary/aromatic N) is 5. The maximum absolute atomic E-state index is 14.6. The first kappa shape index (κ1) is 29.7. The highest BCUT2D eigenvalue weighted by atomic mass is 35.5. The van der Waals surface area contributed by atoms with Gasteiger partial charge < -0.3 is 10.1 Å². The van der Waals surface area contributed by atoms with Gasteiger partial charge in [-0.25, -0.2) is 37.2 Å². The summed E-state index contributed by atoms with van der Waals surface area (Å²) in [6, 6.07) is 6.88. The molecule has 1 aromatic heterocycles. The van der Waals surface area contributed by atoms with Crippen LogP contribution in [0.2, 0.25) is 5.02 Å². The Kier molecular flexibility index (Phi) is 8.19. The molecule has 2 aromatic carbocycles. The predicted molar refractivity (Wildman–Crippen MR) is 143 cm³/mol. The van der Waals surface area contributed by atoms with E-state index in [1.807, 2.05) is 0 Å². The summed E-state index contributed by atoms with van der Waals surface area (Å²) >= 11 is 6.44. The Hall–Kier alpha value is -4.77. The molecule has 2 heterocycles. The Bertz CT molecular complexity index is 1610. The lowest BCUT2D eigenvalue weighted by Gasteiger charge is -2.40. The van der Waals surface area contributed by atoms with Crippen molar-refractivity contribution in [1.29, 1.82) is 5.26 Å². The minimum Gasteiger partial charge on any atom is -0.449 e. The van der Waals surface area contributed by atoms with Crippen molar-refractivity contribution >= 4 is 41.1 Å². The van der Waals surface area contributed by atoms with Crippen molar-refractivity contribution in [3.05, 3.63) is 82.6 Å². The van der Waals surface area contributed by atoms with Crippen LogP contribution in [-0.2, 0) is 14.3 Å². The van der Waals surface area contributed by atoms with Crippen LogP contribution in [0.3, 0.4) is 0 Å². The van der Waals surface area contributed by atoms with E-state index in [1.54, 1.807) is 12.1 Å². The van der Waals surface area contributed by atoms with E-state index < -0.39 is 72.1 Å². The number of nitriles is 1. The number of cyclic esters (lactones) is 1. The van der Waals surface area contributed by atoms with Gasteiger partial charge in [0, 0.05) is 48.2 Å². The highest BCUT2D eigenvalue weighted by Crippen LogP contribution is 2.39. The van der Waals surface area contributed by atoms with Gasteiger partial charge >= 0.3 is 6.09 Å². The van der Waals surface area contributed by atoms with Crippen molar-refractivity contribution in [3.8, 4) is 6.07 Å². The molecule has 43 heavy (non-hydrogen) atoms. The quantitative estimate of drug-likeness (QED) is 0.382. The smallest absolute Gasteiger partial charge is 0.417 e. The van der Waals surface area contributed by atoms with Crippen LogP contribution in [-0.4, -0.2) is 52.5 Å². The third kappa shape index (κ3) is 6.21. The third-order valence-corrected chi connectivity index (χ3v) is 7.23. The van der Waals surface area contributed by atoms with Crippen molar-refractivity contribution < 1.29 is 36.7 Å². The van der Waals surface area contributed by atoms with Gasteiger partial charge in [0.2, 0.25) is 11.9 Å². The average Bonchev–Trinajstić information content (AvgIpc) is 2.94. The van der Waals surface area contributed by atoms with Gasteiger partial charge in [-0.05, 0) is 24.3 Å². The van der Waals surface area contributed by atoms with Crippen molar-refractivity contribution in [2.75, 3.05) is 16.4 Å². The predicted octanol–water partition coefficient (Wildman–Crippen LogP) is 4.68. The fourth-order valence-electron chi connectivity index (χ4n) is 4.95. The van der Waals surface area contributed by atoms with Crippen LogP contribution in [0.1, 0.15) is 36.6 Å². The van der Waals surface area contributed by atoms with Gasteiger partial charge in [-0.1, -0.05) is 29.8 Å². The molecule has 2 unspecified atom stereocenters. The van der Waals surface area contributed by atoms with Gasteiger partial charge in [0.1, 0.15) is 35.5 Å². The molecule has 1 aliphatic carbocycles. The number of aromatic nitrogens is 2. The lowest BCUT2D eigenvalue weighted by molar-refractivity contribution is -0.133. The summed E-state index contributed by atoms with van der Waals surface area (Å²) in [5, 5.41) is 11.7. The molecule has 1 saturated heterocycles. The van der Waals surface area contributed by atoms with Crippen LogP contribution >= 0.6 is 11.6 Å². The molecule has 1 aliphatic heterocycles. The maximum Gasteiger partial charge on any atom is 0.417 e. The van der Waals surface area contributed by atoms with E-state index in [2.05, 4.69) is 15.3 Å². The van der Waals surface area contributed by atoms with E-state index in [9.17, 15) is 37.2 Å². The SMILES string of the molecule is N#Cc1ccnc(N2C(=O)OCCC2C(=O)N(c2cc(F)cc(F)c2)C(C(=O)NC2CC(F)(F)C2)c2ccccc2Cl)n1. The molecule has 0 bridgehead atoms. The van der Waals surface area contributed by atoms with E-state index in [1.165, 1.54) is 30.5 Å². The number of carbonyl (C=O) groups is 3. The molecular formula is C28H21ClF4N6O4. The number of alkyl halides is 2. The molecule has 2 fully saturated rings.